The molecule has 1 aromatic heterocycles. The van der Waals surface area contributed by atoms with Crippen LogP contribution in [0.15, 0.2) is 59.1 Å². The normalized spacial score (nSPS) is 20.3. The molecule has 2 fully saturated rings. The molecule has 1 aliphatic heterocycles. The second-order valence-electron chi connectivity index (χ2n) is 8.29. The van der Waals surface area contributed by atoms with E-state index in [1.807, 2.05) is 48.5 Å². The van der Waals surface area contributed by atoms with Crippen LogP contribution in [0.1, 0.15) is 37.7 Å². The molecule has 1 saturated carbocycles. The van der Waals surface area contributed by atoms with Crippen LogP contribution in [0.3, 0.4) is 0 Å². The third-order valence-corrected chi connectivity index (χ3v) is 6.09. The van der Waals surface area contributed by atoms with E-state index in [2.05, 4.69) is 10.3 Å². The summed E-state index contributed by atoms with van der Waals surface area (Å²) in [6.07, 6.45) is 7.44. The maximum absolute atomic E-state index is 10.7. The number of hydrogen-bond donors (Lipinski definition) is 3. The fourth-order valence-corrected chi connectivity index (χ4v) is 4.28. The summed E-state index contributed by atoms with van der Waals surface area (Å²) in [4.78, 5) is 15.2. The van der Waals surface area contributed by atoms with Crippen molar-refractivity contribution < 1.29 is 13.9 Å². The summed E-state index contributed by atoms with van der Waals surface area (Å²) in [7, 11) is 0. The maximum Gasteiger partial charge on any atom is 0.227 e. The van der Waals surface area contributed by atoms with Crippen LogP contribution >= 0.6 is 0 Å². The van der Waals surface area contributed by atoms with Gasteiger partial charge in [-0.05, 0) is 56.4 Å². The highest BCUT2D eigenvalue weighted by molar-refractivity contribution is 5.76. The van der Waals surface area contributed by atoms with Gasteiger partial charge >= 0.3 is 0 Å². The molecule has 0 spiro atoms. The van der Waals surface area contributed by atoms with Crippen LogP contribution in [0, 0.1) is 0 Å². The number of hydrazine groups is 1. The number of nitrogens with two attached hydrogens (primary N) is 2. The molecule has 0 radical (unpaired) electrons. The number of carbonyl (C=O) groups is 1. The summed E-state index contributed by atoms with van der Waals surface area (Å²) >= 11 is 0. The van der Waals surface area contributed by atoms with Crippen molar-refractivity contribution in [3.05, 3.63) is 60.3 Å². The van der Waals surface area contributed by atoms with Gasteiger partial charge in [-0.3, -0.25) is 4.79 Å². The predicted molar refractivity (Wildman–Crippen MR) is 128 cm³/mol. The monoisotopic (exact) mass is 449 g/mol. The molecule has 174 valence electrons. The zero-order chi connectivity index (χ0) is 23.0. The zero-order valence-electron chi connectivity index (χ0n) is 18.7. The summed E-state index contributed by atoms with van der Waals surface area (Å²) in [6, 6.07) is 15.8. The number of nitrogens with zero attached hydrogens (tertiary/aromatic N) is 2. The molecule has 2 heterocycles. The van der Waals surface area contributed by atoms with E-state index < -0.39 is 0 Å². The lowest BCUT2D eigenvalue weighted by atomic mass is 10.1. The second-order valence-corrected chi connectivity index (χ2v) is 8.29. The third-order valence-electron chi connectivity index (χ3n) is 6.09. The number of fused-ring (bicyclic) bond motifs is 1. The van der Waals surface area contributed by atoms with Gasteiger partial charge in [-0.15, -0.1) is 0 Å². The summed E-state index contributed by atoms with van der Waals surface area (Å²) < 4.78 is 10.8. The second kappa shape index (κ2) is 11.0. The average molecular weight is 450 g/mol. The highest BCUT2D eigenvalue weighted by Gasteiger charge is 2.29. The van der Waals surface area contributed by atoms with Crippen molar-refractivity contribution in [1.82, 2.24) is 15.3 Å². The van der Waals surface area contributed by atoms with Crippen molar-refractivity contribution in [2.24, 2.45) is 11.6 Å². The summed E-state index contributed by atoms with van der Waals surface area (Å²) in [5, 5.41) is 4.54. The Bertz CT molecular complexity index is 1030. The summed E-state index contributed by atoms with van der Waals surface area (Å²) in [6.45, 7) is 2.00. The largest absolute Gasteiger partial charge is 0.436 e. The van der Waals surface area contributed by atoms with Crippen molar-refractivity contribution in [3.63, 3.8) is 0 Å². The molecule has 1 saturated heterocycles. The number of benzene rings is 2. The first kappa shape index (κ1) is 22.8. The predicted octanol–water partition coefficient (Wildman–Crippen LogP) is 3.39. The van der Waals surface area contributed by atoms with Gasteiger partial charge in [0.1, 0.15) is 5.52 Å². The van der Waals surface area contributed by atoms with Gasteiger partial charge in [-0.2, -0.15) is 0 Å². The molecule has 2 atom stereocenters. The highest BCUT2D eigenvalue weighted by Crippen LogP contribution is 2.30. The molecule has 1 amide bonds. The maximum atomic E-state index is 10.7. The quantitative estimate of drug-likeness (QED) is 0.300. The molecule has 8 nitrogen and oxygen atoms in total. The van der Waals surface area contributed by atoms with E-state index >= 15 is 0 Å². The summed E-state index contributed by atoms with van der Waals surface area (Å²) in [5.41, 5.74) is 10.0. The number of para-hydroxylation sites is 2. The van der Waals surface area contributed by atoms with E-state index in [0.29, 0.717) is 5.89 Å². The molecule has 8 heteroatoms. The summed E-state index contributed by atoms with van der Waals surface area (Å²) in [5.74, 6) is 6.94. The topological polar surface area (TPSA) is 120 Å². The Morgan fingerprint density at radius 3 is 2.48 bits per heavy atom. The molecular weight excluding hydrogens is 418 g/mol. The number of rotatable bonds is 6. The minimum Gasteiger partial charge on any atom is -0.436 e. The number of ether oxygens (including phenoxy) is 1. The average Bonchev–Trinajstić information content (AvgIpc) is 3.62. The zero-order valence-corrected chi connectivity index (χ0v) is 18.7. The van der Waals surface area contributed by atoms with Gasteiger partial charge in [-0.25, -0.2) is 10.8 Å². The Kier molecular flexibility index (Phi) is 7.59. The first-order chi connectivity index (χ1) is 16.2. The van der Waals surface area contributed by atoms with E-state index in [1.54, 1.807) is 5.01 Å². The van der Waals surface area contributed by atoms with Gasteiger partial charge < -0.3 is 25.2 Å². The lowest BCUT2D eigenvalue weighted by molar-refractivity contribution is -0.110. The van der Waals surface area contributed by atoms with Gasteiger partial charge in [0, 0.05) is 42.6 Å². The van der Waals surface area contributed by atoms with Crippen molar-refractivity contribution >= 4 is 23.2 Å². The first-order valence-corrected chi connectivity index (χ1v) is 11.4. The number of nitrogens with one attached hydrogen (secondary N) is 1. The highest BCUT2D eigenvalue weighted by atomic mass is 16.5. The van der Waals surface area contributed by atoms with Gasteiger partial charge in [-0.1, -0.05) is 24.3 Å². The Hall–Kier alpha value is -3.36. The van der Waals surface area contributed by atoms with E-state index in [9.17, 15) is 4.79 Å². The van der Waals surface area contributed by atoms with E-state index in [4.69, 9.17) is 20.7 Å². The standard InChI is InChI=1S/C21H23N5O2.C4H8O/c22-12-19(26(23)17-10-9-16(11-17)24-13-27)14-5-7-15(8-6-14)21-25-18-3-1-2-4-20(18)28-21;1-2-4-5-3-1/h1-8,12-13,16-17H,9-11,22-23H2,(H,24,27);1-4H2/b19-12-;. The lowest BCUT2D eigenvalue weighted by Crippen LogP contribution is -2.39. The van der Waals surface area contributed by atoms with Crippen LogP contribution in [0.2, 0.25) is 0 Å². The molecule has 5 N–H and O–H groups in total. The molecule has 2 aliphatic rings. The molecule has 2 unspecified atom stereocenters. The molecule has 33 heavy (non-hydrogen) atoms. The molecule has 1 aliphatic carbocycles. The smallest absolute Gasteiger partial charge is 0.227 e. The minimum absolute atomic E-state index is 0.129. The van der Waals surface area contributed by atoms with E-state index in [1.165, 1.54) is 19.0 Å². The van der Waals surface area contributed by atoms with Gasteiger partial charge in [0.2, 0.25) is 12.3 Å². The van der Waals surface area contributed by atoms with Crippen LogP contribution in [0.4, 0.5) is 0 Å². The molecule has 2 aromatic carbocycles. The van der Waals surface area contributed by atoms with Crippen LogP contribution in [0.25, 0.3) is 28.3 Å². The van der Waals surface area contributed by atoms with Crippen LogP contribution in [-0.2, 0) is 9.53 Å². The Morgan fingerprint density at radius 2 is 1.85 bits per heavy atom. The van der Waals surface area contributed by atoms with Crippen molar-refractivity contribution in [2.75, 3.05) is 13.2 Å². The van der Waals surface area contributed by atoms with E-state index in [0.717, 1.165) is 66.8 Å². The SMILES string of the molecule is C1CCOC1.N/C=C(/c1ccc(-c2nc3ccccc3o2)cc1)N(N)C1CCC(NC=O)C1. The van der Waals surface area contributed by atoms with E-state index in [-0.39, 0.29) is 12.1 Å². The van der Waals surface area contributed by atoms with Crippen LogP contribution in [-0.4, -0.2) is 41.7 Å². The lowest BCUT2D eigenvalue weighted by Gasteiger charge is -2.28. The Labute approximate surface area is 193 Å². The fourth-order valence-electron chi connectivity index (χ4n) is 4.28. The number of aromatic nitrogens is 1. The first-order valence-electron chi connectivity index (χ1n) is 11.4. The van der Waals surface area contributed by atoms with Crippen molar-refractivity contribution in [2.45, 2.75) is 44.2 Å². The molecule has 0 bridgehead atoms. The molecule has 3 aromatic rings. The van der Waals surface area contributed by atoms with Crippen molar-refractivity contribution in [3.8, 4) is 11.5 Å². The number of hydrogen-bond acceptors (Lipinski definition) is 7. The molecular formula is C25H31N5O3. The van der Waals surface area contributed by atoms with Gasteiger partial charge in [0.05, 0.1) is 5.70 Å². The van der Waals surface area contributed by atoms with Gasteiger partial charge in [0.15, 0.2) is 5.58 Å². The third kappa shape index (κ3) is 5.53. The van der Waals surface area contributed by atoms with Crippen molar-refractivity contribution in [1.29, 1.82) is 0 Å². The van der Waals surface area contributed by atoms with Crippen LogP contribution < -0.4 is 16.9 Å². The molecule has 5 rings (SSSR count). The number of oxazole rings is 1. The number of amides is 1. The Balaban J connectivity index is 0.000000459. The fraction of sp³-hybridized carbons (Fsp3) is 0.360. The number of carbonyl (C=O) groups excluding carboxylic acids is 1. The van der Waals surface area contributed by atoms with Gasteiger partial charge in [0.25, 0.3) is 0 Å². The Morgan fingerprint density at radius 1 is 1.09 bits per heavy atom. The van der Waals surface area contributed by atoms with Crippen LogP contribution in [0.5, 0.6) is 0 Å². The minimum atomic E-state index is 0.129.